The van der Waals surface area contributed by atoms with Crippen molar-refractivity contribution in [3.8, 4) is 5.75 Å². The zero-order valence-electron chi connectivity index (χ0n) is 9.66. The SMILES string of the molecule is Fc1ccc2c(c1)CC(CC1CCCC1Br)O2. The number of halogens is 2. The summed E-state index contributed by atoms with van der Waals surface area (Å²) in [7, 11) is 0. The first-order valence-corrected chi connectivity index (χ1v) is 7.23. The lowest BCUT2D eigenvalue weighted by Crippen LogP contribution is -2.20. The predicted octanol–water partition coefficient (Wildman–Crippen LogP) is 4.08. The van der Waals surface area contributed by atoms with Crippen LogP contribution in [0, 0.1) is 11.7 Å². The van der Waals surface area contributed by atoms with Crippen molar-refractivity contribution >= 4 is 15.9 Å². The van der Waals surface area contributed by atoms with Crippen LogP contribution in [0.1, 0.15) is 31.2 Å². The van der Waals surface area contributed by atoms with Crippen LogP contribution in [0.25, 0.3) is 0 Å². The summed E-state index contributed by atoms with van der Waals surface area (Å²) < 4.78 is 19.0. The van der Waals surface area contributed by atoms with Crippen LogP contribution in [-0.2, 0) is 6.42 Å². The maximum Gasteiger partial charge on any atom is 0.123 e. The fourth-order valence-corrected chi connectivity index (χ4v) is 3.82. The van der Waals surface area contributed by atoms with Gasteiger partial charge in [-0.1, -0.05) is 22.4 Å². The molecule has 17 heavy (non-hydrogen) atoms. The molecule has 3 heteroatoms. The second-order valence-corrected chi connectivity index (χ2v) is 6.31. The summed E-state index contributed by atoms with van der Waals surface area (Å²) in [5, 5.41) is 0. The number of alkyl halides is 1. The van der Waals surface area contributed by atoms with Crippen molar-refractivity contribution in [2.75, 3.05) is 0 Å². The molecule has 1 nitrogen and oxygen atoms in total. The highest BCUT2D eigenvalue weighted by Gasteiger charge is 2.31. The molecule has 1 aliphatic carbocycles. The van der Waals surface area contributed by atoms with Gasteiger partial charge in [0.2, 0.25) is 0 Å². The molecule has 1 aliphatic heterocycles. The molecule has 0 aromatic heterocycles. The van der Waals surface area contributed by atoms with Crippen molar-refractivity contribution in [1.82, 2.24) is 0 Å². The van der Waals surface area contributed by atoms with E-state index in [-0.39, 0.29) is 11.9 Å². The van der Waals surface area contributed by atoms with E-state index in [1.165, 1.54) is 25.3 Å². The highest BCUT2D eigenvalue weighted by molar-refractivity contribution is 9.09. The first kappa shape index (κ1) is 11.5. The van der Waals surface area contributed by atoms with E-state index >= 15 is 0 Å². The van der Waals surface area contributed by atoms with Crippen LogP contribution in [0.2, 0.25) is 0 Å². The minimum Gasteiger partial charge on any atom is -0.490 e. The van der Waals surface area contributed by atoms with Crippen molar-refractivity contribution in [3.63, 3.8) is 0 Å². The molecule has 2 aliphatic rings. The smallest absolute Gasteiger partial charge is 0.123 e. The Morgan fingerprint density at radius 2 is 2.24 bits per heavy atom. The number of ether oxygens (including phenoxy) is 1. The first-order valence-electron chi connectivity index (χ1n) is 6.31. The Kier molecular flexibility index (Phi) is 3.12. The number of benzene rings is 1. The van der Waals surface area contributed by atoms with Crippen LogP contribution >= 0.6 is 15.9 Å². The molecule has 1 aromatic carbocycles. The van der Waals surface area contributed by atoms with Gasteiger partial charge in [0, 0.05) is 16.8 Å². The fourth-order valence-electron chi connectivity index (χ4n) is 3.02. The zero-order chi connectivity index (χ0) is 11.8. The topological polar surface area (TPSA) is 9.23 Å². The Balaban J connectivity index is 1.66. The van der Waals surface area contributed by atoms with Gasteiger partial charge in [-0.15, -0.1) is 0 Å². The average molecular weight is 299 g/mol. The van der Waals surface area contributed by atoms with Gasteiger partial charge in [-0.3, -0.25) is 0 Å². The predicted molar refractivity (Wildman–Crippen MR) is 69.2 cm³/mol. The van der Waals surface area contributed by atoms with Gasteiger partial charge in [0.05, 0.1) is 0 Å². The summed E-state index contributed by atoms with van der Waals surface area (Å²) in [5.74, 6) is 1.44. The largest absolute Gasteiger partial charge is 0.490 e. The molecule has 92 valence electrons. The molecule has 3 unspecified atom stereocenters. The minimum absolute atomic E-state index is 0.160. The third kappa shape index (κ3) is 2.35. The molecule has 3 rings (SSSR count). The molecule has 1 fully saturated rings. The van der Waals surface area contributed by atoms with Crippen molar-refractivity contribution < 1.29 is 9.13 Å². The molecular formula is C14H16BrFO. The average Bonchev–Trinajstić information content (AvgIpc) is 2.85. The summed E-state index contributed by atoms with van der Waals surface area (Å²) >= 11 is 3.74. The van der Waals surface area contributed by atoms with Crippen molar-refractivity contribution in [1.29, 1.82) is 0 Å². The quantitative estimate of drug-likeness (QED) is 0.748. The molecule has 1 saturated carbocycles. The van der Waals surface area contributed by atoms with Gasteiger partial charge in [0.15, 0.2) is 0 Å². The number of rotatable bonds is 2. The van der Waals surface area contributed by atoms with E-state index in [2.05, 4.69) is 15.9 Å². The molecule has 0 radical (unpaired) electrons. The minimum atomic E-state index is -0.160. The van der Waals surface area contributed by atoms with E-state index in [1.807, 2.05) is 0 Å². The van der Waals surface area contributed by atoms with E-state index in [1.54, 1.807) is 12.1 Å². The van der Waals surface area contributed by atoms with Crippen LogP contribution in [0.15, 0.2) is 18.2 Å². The van der Waals surface area contributed by atoms with Gasteiger partial charge in [0.25, 0.3) is 0 Å². The summed E-state index contributed by atoms with van der Waals surface area (Å²) in [5.41, 5.74) is 1.03. The van der Waals surface area contributed by atoms with Crippen LogP contribution in [-0.4, -0.2) is 10.9 Å². The van der Waals surface area contributed by atoms with Gasteiger partial charge in [-0.05, 0) is 43.4 Å². The molecule has 3 atom stereocenters. The van der Waals surface area contributed by atoms with Gasteiger partial charge >= 0.3 is 0 Å². The third-order valence-corrected chi connectivity index (χ3v) is 5.10. The second-order valence-electron chi connectivity index (χ2n) is 5.14. The van der Waals surface area contributed by atoms with Crippen molar-refractivity contribution in [3.05, 3.63) is 29.6 Å². The maximum atomic E-state index is 13.1. The standard InChI is InChI=1S/C14H16BrFO/c15-13-3-1-2-9(13)7-12-8-10-6-11(16)4-5-14(10)17-12/h4-6,9,12-13H,1-3,7-8H2. The summed E-state index contributed by atoms with van der Waals surface area (Å²) in [6.45, 7) is 0. The van der Waals surface area contributed by atoms with Gasteiger partial charge in [-0.2, -0.15) is 0 Å². The first-order chi connectivity index (χ1) is 8.22. The third-order valence-electron chi connectivity index (χ3n) is 3.90. The van der Waals surface area contributed by atoms with E-state index in [9.17, 15) is 4.39 Å². The van der Waals surface area contributed by atoms with Crippen LogP contribution in [0.4, 0.5) is 4.39 Å². The Hall–Kier alpha value is -0.570. The second kappa shape index (κ2) is 4.60. The Labute approximate surface area is 109 Å². The molecule has 0 spiro atoms. The van der Waals surface area contributed by atoms with Crippen molar-refractivity contribution in [2.45, 2.75) is 43.0 Å². The summed E-state index contributed by atoms with van der Waals surface area (Å²) in [4.78, 5) is 0.645. The highest BCUT2D eigenvalue weighted by Crippen LogP contribution is 2.38. The van der Waals surface area contributed by atoms with Crippen LogP contribution < -0.4 is 4.74 Å². The summed E-state index contributed by atoms with van der Waals surface area (Å²) in [6, 6.07) is 4.84. The molecule has 0 bridgehead atoms. The monoisotopic (exact) mass is 298 g/mol. The maximum absolute atomic E-state index is 13.1. The number of fused-ring (bicyclic) bond motifs is 1. The van der Waals surface area contributed by atoms with E-state index in [0.717, 1.165) is 30.1 Å². The normalized spacial score (nSPS) is 31.3. The lowest BCUT2D eigenvalue weighted by atomic mass is 9.97. The summed E-state index contributed by atoms with van der Waals surface area (Å²) in [6.07, 6.45) is 6.08. The Bertz CT molecular complexity index is 421. The zero-order valence-corrected chi connectivity index (χ0v) is 11.2. The van der Waals surface area contributed by atoms with E-state index < -0.39 is 0 Å². The highest BCUT2D eigenvalue weighted by atomic mass is 79.9. The lowest BCUT2D eigenvalue weighted by molar-refractivity contribution is 0.196. The van der Waals surface area contributed by atoms with E-state index in [0.29, 0.717) is 4.83 Å². The number of hydrogen-bond acceptors (Lipinski definition) is 1. The van der Waals surface area contributed by atoms with Gasteiger partial charge in [0.1, 0.15) is 17.7 Å². The Morgan fingerprint density at radius 3 is 3.00 bits per heavy atom. The van der Waals surface area contributed by atoms with Crippen LogP contribution in [0.5, 0.6) is 5.75 Å². The van der Waals surface area contributed by atoms with E-state index in [4.69, 9.17) is 4.74 Å². The molecule has 0 N–H and O–H groups in total. The molecular weight excluding hydrogens is 283 g/mol. The molecule has 0 amide bonds. The molecule has 0 saturated heterocycles. The van der Waals surface area contributed by atoms with Crippen LogP contribution in [0.3, 0.4) is 0 Å². The van der Waals surface area contributed by atoms with Gasteiger partial charge in [-0.25, -0.2) is 4.39 Å². The molecule has 1 heterocycles. The number of hydrogen-bond donors (Lipinski definition) is 0. The fraction of sp³-hybridized carbons (Fsp3) is 0.571. The van der Waals surface area contributed by atoms with Gasteiger partial charge < -0.3 is 4.74 Å². The Morgan fingerprint density at radius 1 is 1.35 bits per heavy atom. The molecule has 1 aromatic rings. The van der Waals surface area contributed by atoms with Crippen molar-refractivity contribution in [2.24, 2.45) is 5.92 Å². The lowest BCUT2D eigenvalue weighted by Gasteiger charge is -2.18.